The second-order valence-corrected chi connectivity index (χ2v) is 9.81. The smallest absolute Gasteiger partial charge is 0.321 e. The Labute approximate surface area is 218 Å². The summed E-state index contributed by atoms with van der Waals surface area (Å²) in [5.41, 5.74) is 1.80. The van der Waals surface area contributed by atoms with Gasteiger partial charge in [0, 0.05) is 43.5 Å². The lowest BCUT2D eigenvalue weighted by Crippen LogP contribution is -2.49. The van der Waals surface area contributed by atoms with Gasteiger partial charge in [-0.3, -0.25) is 4.90 Å². The maximum absolute atomic E-state index is 13.0. The SMILES string of the molecule is CN(C)CCCNc1nc(CN2CCN(C(=O)Nc3cccc4ccccc34)CC2)nc2ccccc12. The molecule has 0 atom stereocenters. The van der Waals surface area contributed by atoms with E-state index in [9.17, 15) is 4.79 Å². The minimum Gasteiger partial charge on any atom is -0.369 e. The van der Waals surface area contributed by atoms with Gasteiger partial charge in [-0.15, -0.1) is 0 Å². The largest absolute Gasteiger partial charge is 0.369 e. The first-order valence-corrected chi connectivity index (χ1v) is 13.0. The molecule has 2 N–H and O–H groups in total. The summed E-state index contributed by atoms with van der Waals surface area (Å²) in [5.74, 6) is 1.70. The van der Waals surface area contributed by atoms with Gasteiger partial charge in [-0.25, -0.2) is 14.8 Å². The zero-order chi connectivity index (χ0) is 25.6. The molecule has 8 nitrogen and oxygen atoms in total. The molecule has 0 radical (unpaired) electrons. The van der Waals surface area contributed by atoms with Crippen molar-refractivity contribution in [2.24, 2.45) is 0 Å². The summed E-state index contributed by atoms with van der Waals surface area (Å²) in [6.45, 7) is 5.45. The minimum absolute atomic E-state index is 0.0535. The lowest BCUT2D eigenvalue weighted by Gasteiger charge is -2.34. The number of fused-ring (bicyclic) bond motifs is 2. The zero-order valence-corrected chi connectivity index (χ0v) is 21.7. The van der Waals surface area contributed by atoms with Crippen molar-refractivity contribution in [1.82, 2.24) is 24.7 Å². The van der Waals surface area contributed by atoms with Gasteiger partial charge in [0.1, 0.15) is 11.6 Å². The van der Waals surface area contributed by atoms with Gasteiger partial charge in [0.15, 0.2) is 0 Å². The van der Waals surface area contributed by atoms with Crippen LogP contribution in [0.25, 0.3) is 21.7 Å². The first kappa shape index (κ1) is 24.9. The van der Waals surface area contributed by atoms with Crippen molar-refractivity contribution in [2.75, 3.05) is 64.0 Å². The third kappa shape index (κ3) is 6.15. The summed E-state index contributed by atoms with van der Waals surface area (Å²) < 4.78 is 0. The summed E-state index contributed by atoms with van der Waals surface area (Å²) in [5, 5.41) is 9.85. The lowest BCUT2D eigenvalue weighted by molar-refractivity contribution is 0.141. The maximum Gasteiger partial charge on any atom is 0.321 e. The molecule has 5 rings (SSSR count). The van der Waals surface area contributed by atoms with Gasteiger partial charge in [-0.05, 0) is 50.6 Å². The molecule has 0 saturated carbocycles. The van der Waals surface area contributed by atoms with E-state index >= 15 is 0 Å². The average molecular weight is 498 g/mol. The van der Waals surface area contributed by atoms with Crippen molar-refractivity contribution in [3.05, 3.63) is 72.6 Å². The van der Waals surface area contributed by atoms with E-state index in [0.717, 1.165) is 71.6 Å². The molecular formula is C29H35N7O. The molecule has 8 heteroatoms. The quantitative estimate of drug-likeness (QED) is 0.349. The number of carbonyl (C=O) groups excluding carboxylic acids is 1. The number of para-hydroxylation sites is 1. The van der Waals surface area contributed by atoms with Crippen molar-refractivity contribution < 1.29 is 4.79 Å². The van der Waals surface area contributed by atoms with Crippen LogP contribution in [0, 0.1) is 0 Å². The highest BCUT2D eigenvalue weighted by molar-refractivity contribution is 6.01. The van der Waals surface area contributed by atoms with Crippen LogP contribution >= 0.6 is 0 Å². The number of hydrogen-bond donors (Lipinski definition) is 2. The minimum atomic E-state index is -0.0535. The van der Waals surface area contributed by atoms with Crippen molar-refractivity contribution in [3.63, 3.8) is 0 Å². The Morgan fingerprint density at radius 2 is 1.62 bits per heavy atom. The standard InChI is InChI=1S/C29H35N7O/c1-34(2)16-8-15-30-28-24-12-5-6-13-26(24)31-27(33-28)21-35-17-19-36(20-18-35)29(37)32-25-14-7-10-22-9-3-4-11-23(22)25/h3-7,9-14H,8,15-21H2,1-2H3,(H,32,37)(H,30,31,33). The van der Waals surface area contributed by atoms with Crippen molar-refractivity contribution in [1.29, 1.82) is 0 Å². The van der Waals surface area contributed by atoms with Crippen LogP contribution < -0.4 is 10.6 Å². The first-order chi connectivity index (χ1) is 18.1. The van der Waals surface area contributed by atoms with Gasteiger partial charge in [0.25, 0.3) is 0 Å². The molecule has 0 aliphatic carbocycles. The van der Waals surface area contributed by atoms with Gasteiger partial charge in [-0.1, -0.05) is 48.5 Å². The van der Waals surface area contributed by atoms with Gasteiger partial charge in [0.2, 0.25) is 0 Å². The van der Waals surface area contributed by atoms with Crippen LogP contribution in [-0.2, 0) is 6.54 Å². The molecule has 4 aromatic rings. The summed E-state index contributed by atoms with van der Waals surface area (Å²) >= 11 is 0. The van der Waals surface area contributed by atoms with Crippen LogP contribution in [0.4, 0.5) is 16.3 Å². The summed E-state index contributed by atoms with van der Waals surface area (Å²) in [7, 11) is 4.18. The zero-order valence-electron chi connectivity index (χ0n) is 21.7. The molecule has 1 aliphatic heterocycles. The number of nitrogens with one attached hydrogen (secondary N) is 2. The molecule has 192 valence electrons. The van der Waals surface area contributed by atoms with Gasteiger partial charge in [0.05, 0.1) is 17.7 Å². The molecule has 0 bridgehead atoms. The van der Waals surface area contributed by atoms with Crippen LogP contribution in [0.2, 0.25) is 0 Å². The van der Waals surface area contributed by atoms with Crippen molar-refractivity contribution >= 4 is 39.2 Å². The number of rotatable bonds is 8. The molecule has 2 amide bonds. The topological polar surface area (TPSA) is 76.6 Å². The fourth-order valence-electron chi connectivity index (χ4n) is 4.77. The van der Waals surface area contributed by atoms with E-state index in [1.807, 2.05) is 53.4 Å². The second-order valence-electron chi connectivity index (χ2n) is 9.81. The molecular weight excluding hydrogens is 462 g/mol. The highest BCUT2D eigenvalue weighted by atomic mass is 16.2. The average Bonchev–Trinajstić information content (AvgIpc) is 2.91. The normalized spacial score (nSPS) is 14.4. The highest BCUT2D eigenvalue weighted by Crippen LogP contribution is 2.24. The Morgan fingerprint density at radius 3 is 2.43 bits per heavy atom. The van der Waals surface area contributed by atoms with E-state index in [-0.39, 0.29) is 6.03 Å². The van der Waals surface area contributed by atoms with Gasteiger partial charge >= 0.3 is 6.03 Å². The van der Waals surface area contributed by atoms with Crippen LogP contribution in [0.1, 0.15) is 12.2 Å². The number of piperazine rings is 1. The number of hydrogen-bond acceptors (Lipinski definition) is 6. The van der Waals surface area contributed by atoms with Crippen LogP contribution in [0.15, 0.2) is 66.7 Å². The number of aromatic nitrogens is 2. The summed E-state index contributed by atoms with van der Waals surface area (Å²) in [6.07, 6.45) is 1.05. The Balaban J connectivity index is 1.20. The molecule has 1 aliphatic rings. The number of amides is 2. The van der Waals surface area contributed by atoms with E-state index in [2.05, 4.69) is 52.7 Å². The van der Waals surface area contributed by atoms with E-state index in [1.165, 1.54) is 0 Å². The van der Waals surface area contributed by atoms with Crippen molar-refractivity contribution in [2.45, 2.75) is 13.0 Å². The fourth-order valence-corrected chi connectivity index (χ4v) is 4.77. The maximum atomic E-state index is 13.0. The Hall–Kier alpha value is -3.75. The monoisotopic (exact) mass is 497 g/mol. The third-order valence-corrected chi connectivity index (χ3v) is 6.78. The van der Waals surface area contributed by atoms with Crippen LogP contribution in [-0.4, -0.2) is 84.1 Å². The number of nitrogens with zero attached hydrogens (tertiary/aromatic N) is 5. The van der Waals surface area contributed by atoms with E-state index < -0.39 is 0 Å². The van der Waals surface area contributed by atoms with E-state index in [1.54, 1.807) is 0 Å². The van der Waals surface area contributed by atoms with E-state index in [4.69, 9.17) is 9.97 Å². The molecule has 1 aromatic heterocycles. The number of anilines is 2. The highest BCUT2D eigenvalue weighted by Gasteiger charge is 2.22. The molecule has 2 heterocycles. The van der Waals surface area contributed by atoms with Gasteiger partial charge < -0.3 is 20.4 Å². The molecule has 3 aromatic carbocycles. The third-order valence-electron chi connectivity index (χ3n) is 6.78. The predicted octanol–water partition coefficient (Wildman–Crippen LogP) is 4.50. The summed E-state index contributed by atoms with van der Waals surface area (Å²) in [6, 6.07) is 22.2. The van der Waals surface area contributed by atoms with Crippen LogP contribution in [0.5, 0.6) is 0 Å². The molecule has 37 heavy (non-hydrogen) atoms. The van der Waals surface area contributed by atoms with Gasteiger partial charge in [-0.2, -0.15) is 0 Å². The fraction of sp³-hybridized carbons (Fsp3) is 0.345. The van der Waals surface area contributed by atoms with Crippen molar-refractivity contribution in [3.8, 4) is 0 Å². The molecule has 1 saturated heterocycles. The lowest BCUT2D eigenvalue weighted by atomic mass is 10.1. The Bertz CT molecular complexity index is 1360. The Kier molecular flexibility index (Phi) is 7.77. The Morgan fingerprint density at radius 1 is 0.892 bits per heavy atom. The first-order valence-electron chi connectivity index (χ1n) is 13.0. The predicted molar refractivity (Wildman–Crippen MR) is 151 cm³/mol. The second kappa shape index (κ2) is 11.5. The number of benzene rings is 3. The molecule has 0 unspecified atom stereocenters. The molecule has 0 spiro atoms. The number of carbonyl (C=O) groups is 1. The van der Waals surface area contributed by atoms with Crippen LogP contribution in [0.3, 0.4) is 0 Å². The number of urea groups is 1. The van der Waals surface area contributed by atoms with E-state index in [0.29, 0.717) is 19.6 Å². The summed E-state index contributed by atoms with van der Waals surface area (Å²) in [4.78, 5) is 29.1. The molecule has 1 fully saturated rings.